The van der Waals surface area contributed by atoms with Crippen molar-refractivity contribution >= 4 is 11.8 Å². The molecule has 0 saturated heterocycles. The van der Waals surface area contributed by atoms with Crippen molar-refractivity contribution in [3.63, 3.8) is 0 Å². The lowest BCUT2D eigenvalue weighted by Crippen LogP contribution is -2.08. The molecule has 2 nitrogen and oxygen atoms in total. The Kier molecular flexibility index (Phi) is 6.85. The Bertz CT molecular complexity index is 559. The van der Waals surface area contributed by atoms with E-state index in [0.29, 0.717) is 23.3 Å². The summed E-state index contributed by atoms with van der Waals surface area (Å²) in [6, 6.07) is 15.2. The van der Waals surface area contributed by atoms with Gasteiger partial charge in [-0.3, -0.25) is 0 Å². The number of thioether (sulfide) groups is 1. The van der Waals surface area contributed by atoms with Crippen LogP contribution in [0.3, 0.4) is 0 Å². The van der Waals surface area contributed by atoms with Gasteiger partial charge in [0, 0.05) is 0 Å². The molecule has 2 atom stereocenters. The van der Waals surface area contributed by atoms with Crippen molar-refractivity contribution in [2.75, 3.05) is 11.5 Å². The van der Waals surface area contributed by atoms with Crippen LogP contribution in [0.5, 0.6) is 11.5 Å². The van der Waals surface area contributed by atoms with Gasteiger partial charge in [-0.15, -0.1) is 0 Å². The third-order valence-electron chi connectivity index (χ3n) is 3.92. The molecule has 2 aromatic carbocycles. The molecule has 0 heterocycles. The minimum atomic E-state index is 0.400. The molecule has 0 aliphatic rings. The quantitative estimate of drug-likeness (QED) is 0.724. The molecule has 2 rings (SSSR count). The van der Waals surface area contributed by atoms with Crippen molar-refractivity contribution in [2.24, 2.45) is 11.8 Å². The predicted molar refractivity (Wildman–Crippen MR) is 99.3 cm³/mol. The van der Waals surface area contributed by atoms with E-state index in [2.05, 4.69) is 13.8 Å². The van der Waals surface area contributed by atoms with E-state index in [-0.39, 0.29) is 0 Å². The van der Waals surface area contributed by atoms with Gasteiger partial charge in [0.25, 0.3) is 0 Å². The van der Waals surface area contributed by atoms with Gasteiger partial charge >= 0.3 is 0 Å². The highest BCUT2D eigenvalue weighted by molar-refractivity contribution is 7.99. The number of hydrogen-bond acceptors (Lipinski definition) is 3. The molecule has 2 N–H and O–H groups in total. The Morgan fingerprint density at radius 2 is 1.13 bits per heavy atom. The largest absolute Gasteiger partial charge is 0.508 e. The van der Waals surface area contributed by atoms with Crippen molar-refractivity contribution < 1.29 is 10.2 Å². The molecule has 0 radical (unpaired) electrons. The van der Waals surface area contributed by atoms with Crippen LogP contribution in [0.4, 0.5) is 0 Å². The fraction of sp³-hybridized carbons (Fsp3) is 0.400. The smallest absolute Gasteiger partial charge is 0.118 e. The fourth-order valence-corrected chi connectivity index (χ4v) is 3.88. The fourth-order valence-electron chi connectivity index (χ4n) is 2.71. The maximum atomic E-state index is 9.83. The number of para-hydroxylation sites is 2. The SMILES string of the molecule is CC(CSCC(C)Cc1ccccc1O)Cc1ccccc1O. The molecule has 0 spiro atoms. The predicted octanol–water partition coefficient (Wildman–Crippen LogP) is 4.89. The standard InChI is InChI=1S/C20H26O2S/c1-15(11-17-7-3-5-9-19(17)21)13-23-14-16(2)12-18-8-4-6-10-20(18)22/h3-10,15-16,21-22H,11-14H2,1-2H3. The zero-order valence-corrected chi connectivity index (χ0v) is 14.7. The minimum Gasteiger partial charge on any atom is -0.508 e. The number of aromatic hydroxyl groups is 2. The maximum absolute atomic E-state index is 9.83. The summed E-state index contributed by atoms with van der Waals surface area (Å²) in [5.41, 5.74) is 2.06. The Balaban J connectivity index is 1.72. The Morgan fingerprint density at radius 3 is 1.52 bits per heavy atom. The van der Waals surface area contributed by atoms with E-state index in [0.717, 1.165) is 35.5 Å². The number of hydrogen-bond donors (Lipinski definition) is 2. The highest BCUT2D eigenvalue weighted by Gasteiger charge is 2.10. The second-order valence-corrected chi connectivity index (χ2v) is 7.49. The van der Waals surface area contributed by atoms with Gasteiger partial charge in [0.1, 0.15) is 11.5 Å². The number of benzene rings is 2. The minimum absolute atomic E-state index is 0.400. The molecule has 0 aromatic heterocycles. The van der Waals surface area contributed by atoms with Crippen molar-refractivity contribution in [3.8, 4) is 11.5 Å². The molecule has 0 aliphatic carbocycles. The molecule has 23 heavy (non-hydrogen) atoms. The van der Waals surface area contributed by atoms with E-state index in [1.165, 1.54) is 0 Å². The van der Waals surface area contributed by atoms with E-state index < -0.39 is 0 Å². The molecule has 0 bridgehead atoms. The van der Waals surface area contributed by atoms with Gasteiger partial charge in [-0.25, -0.2) is 0 Å². The zero-order chi connectivity index (χ0) is 16.7. The van der Waals surface area contributed by atoms with Crippen molar-refractivity contribution in [1.29, 1.82) is 0 Å². The summed E-state index contributed by atoms with van der Waals surface area (Å²) in [4.78, 5) is 0. The summed E-state index contributed by atoms with van der Waals surface area (Å²) in [7, 11) is 0. The summed E-state index contributed by atoms with van der Waals surface area (Å²) in [5.74, 6) is 4.03. The van der Waals surface area contributed by atoms with Gasteiger partial charge in [-0.05, 0) is 59.4 Å². The van der Waals surface area contributed by atoms with Gasteiger partial charge in [-0.1, -0.05) is 50.2 Å². The molecule has 124 valence electrons. The average molecular weight is 330 g/mol. The van der Waals surface area contributed by atoms with Crippen LogP contribution in [0.2, 0.25) is 0 Å². The molecule has 0 amide bonds. The third kappa shape index (κ3) is 5.83. The van der Waals surface area contributed by atoms with E-state index in [1.807, 2.05) is 48.2 Å². The molecule has 0 fully saturated rings. The lowest BCUT2D eigenvalue weighted by atomic mass is 10.0. The lowest BCUT2D eigenvalue weighted by molar-refractivity contribution is 0.462. The van der Waals surface area contributed by atoms with E-state index >= 15 is 0 Å². The molecule has 2 unspecified atom stereocenters. The lowest BCUT2D eigenvalue weighted by Gasteiger charge is -2.15. The summed E-state index contributed by atoms with van der Waals surface area (Å²) in [6.07, 6.45) is 1.82. The Hall–Kier alpha value is -1.61. The second-order valence-electron chi connectivity index (χ2n) is 6.41. The van der Waals surface area contributed by atoms with Gasteiger partial charge in [-0.2, -0.15) is 11.8 Å². The molecule has 0 saturated carbocycles. The first-order valence-corrected chi connectivity index (χ1v) is 9.33. The Labute approximate surface area is 143 Å². The molecule has 3 heteroatoms. The van der Waals surface area contributed by atoms with Gasteiger partial charge < -0.3 is 10.2 Å². The summed E-state index contributed by atoms with van der Waals surface area (Å²) in [5, 5.41) is 19.7. The first kappa shape index (κ1) is 17.7. The van der Waals surface area contributed by atoms with Crippen LogP contribution in [0.1, 0.15) is 25.0 Å². The van der Waals surface area contributed by atoms with Gasteiger partial charge in [0.2, 0.25) is 0 Å². The zero-order valence-electron chi connectivity index (χ0n) is 13.9. The van der Waals surface area contributed by atoms with Crippen LogP contribution in [-0.4, -0.2) is 21.7 Å². The molecule has 2 aromatic rings. The van der Waals surface area contributed by atoms with Crippen LogP contribution < -0.4 is 0 Å². The molecule has 0 aliphatic heterocycles. The van der Waals surface area contributed by atoms with Gasteiger partial charge in [0.05, 0.1) is 0 Å². The van der Waals surface area contributed by atoms with Crippen LogP contribution in [0, 0.1) is 11.8 Å². The second kappa shape index (κ2) is 8.88. The van der Waals surface area contributed by atoms with Crippen LogP contribution >= 0.6 is 11.8 Å². The monoisotopic (exact) mass is 330 g/mol. The van der Waals surface area contributed by atoms with Crippen molar-refractivity contribution in [3.05, 3.63) is 59.7 Å². The van der Waals surface area contributed by atoms with Crippen molar-refractivity contribution in [2.45, 2.75) is 26.7 Å². The number of phenolic OH excluding ortho intramolecular Hbond substituents is 2. The average Bonchev–Trinajstić information content (AvgIpc) is 2.52. The van der Waals surface area contributed by atoms with Crippen molar-refractivity contribution in [1.82, 2.24) is 0 Å². The molecular weight excluding hydrogens is 304 g/mol. The number of rotatable bonds is 8. The highest BCUT2D eigenvalue weighted by atomic mass is 32.2. The van der Waals surface area contributed by atoms with E-state index in [4.69, 9.17) is 0 Å². The summed E-state index contributed by atoms with van der Waals surface area (Å²) >= 11 is 1.96. The van der Waals surface area contributed by atoms with E-state index in [9.17, 15) is 10.2 Å². The third-order valence-corrected chi connectivity index (χ3v) is 5.53. The summed E-state index contributed by atoms with van der Waals surface area (Å²) < 4.78 is 0. The summed E-state index contributed by atoms with van der Waals surface area (Å²) in [6.45, 7) is 4.46. The van der Waals surface area contributed by atoms with Crippen LogP contribution in [-0.2, 0) is 12.8 Å². The number of phenols is 2. The first-order valence-electron chi connectivity index (χ1n) is 8.17. The molecular formula is C20H26O2S. The van der Waals surface area contributed by atoms with Crippen LogP contribution in [0.15, 0.2) is 48.5 Å². The topological polar surface area (TPSA) is 40.5 Å². The highest BCUT2D eigenvalue weighted by Crippen LogP contribution is 2.24. The maximum Gasteiger partial charge on any atom is 0.118 e. The van der Waals surface area contributed by atoms with E-state index in [1.54, 1.807) is 12.1 Å². The van der Waals surface area contributed by atoms with Gasteiger partial charge in [0.15, 0.2) is 0 Å². The normalized spacial score (nSPS) is 13.7. The van der Waals surface area contributed by atoms with Crippen LogP contribution in [0.25, 0.3) is 0 Å². The Morgan fingerprint density at radius 1 is 0.739 bits per heavy atom. The first-order chi connectivity index (χ1) is 11.1.